The number of hydrogen-bond acceptors (Lipinski definition) is 2. The second-order valence-electron chi connectivity index (χ2n) is 1.57. The predicted molar refractivity (Wildman–Crippen MR) is 26.5 cm³/mol. The Morgan fingerprint density at radius 1 is 1.27 bits per heavy atom. The first-order valence-electron chi connectivity index (χ1n) is 2.47. The Kier molecular flexibility index (Phi) is 3.63. The van der Waals surface area contributed by atoms with Crippen LogP contribution in [0.3, 0.4) is 0 Å². The van der Waals surface area contributed by atoms with Gasteiger partial charge >= 0.3 is 6.09 Å². The number of primary amides is 1. The lowest BCUT2D eigenvalue weighted by atomic mass is 10.4. The van der Waals surface area contributed by atoms with Crippen LogP contribution >= 0.6 is 0 Å². The van der Waals surface area contributed by atoms with Crippen molar-refractivity contribution in [3.05, 3.63) is 0 Å². The van der Waals surface area contributed by atoms with Gasteiger partial charge in [-0.15, -0.1) is 0 Å². The van der Waals surface area contributed by atoms with Gasteiger partial charge in [0.1, 0.15) is 0 Å². The summed E-state index contributed by atoms with van der Waals surface area (Å²) in [5, 5.41) is 0. The van der Waals surface area contributed by atoms with Crippen molar-refractivity contribution in [1.29, 1.82) is 0 Å². The highest BCUT2D eigenvalue weighted by atomic mass is 19.3. The van der Waals surface area contributed by atoms with Crippen molar-refractivity contribution in [2.45, 2.75) is 19.0 Å². The molecular weight excluding hydrogens is 170 g/mol. The molecule has 0 aromatic rings. The van der Waals surface area contributed by atoms with Crippen molar-refractivity contribution in [2.24, 2.45) is 5.73 Å². The van der Waals surface area contributed by atoms with E-state index in [1.165, 1.54) is 0 Å². The van der Waals surface area contributed by atoms with Crippen molar-refractivity contribution >= 4 is 6.09 Å². The number of carbonyl (C=O) groups excluding carboxylic acids is 1. The number of halogens is 4. The molecule has 0 bridgehead atoms. The highest BCUT2D eigenvalue weighted by Crippen LogP contribution is 2.13. The molecule has 0 aliphatic heterocycles. The van der Waals surface area contributed by atoms with Crippen LogP contribution in [0.5, 0.6) is 0 Å². The second kappa shape index (κ2) is 3.99. The number of hydrogen-bond donors (Lipinski definition) is 1. The fourth-order valence-corrected chi connectivity index (χ4v) is 0.290. The van der Waals surface area contributed by atoms with E-state index in [9.17, 15) is 22.4 Å². The standard InChI is InChI=1S/C4H5F4NO2/c5-1(2(6)7)3(8)11-4(9)10/h1-3H,(H2,9,10). The predicted octanol–water partition coefficient (Wildman–Crippen LogP) is 0.981. The maximum Gasteiger partial charge on any atom is 0.407 e. The zero-order valence-corrected chi connectivity index (χ0v) is 5.14. The highest BCUT2D eigenvalue weighted by Gasteiger charge is 2.32. The van der Waals surface area contributed by atoms with E-state index in [4.69, 9.17) is 0 Å². The van der Waals surface area contributed by atoms with Gasteiger partial charge < -0.3 is 10.5 Å². The Labute approximate surface area is 59.1 Å². The second-order valence-corrected chi connectivity index (χ2v) is 1.57. The topological polar surface area (TPSA) is 52.3 Å². The van der Waals surface area contributed by atoms with Crippen LogP contribution in [0.2, 0.25) is 0 Å². The summed E-state index contributed by atoms with van der Waals surface area (Å²) < 4.78 is 49.6. The lowest BCUT2D eigenvalue weighted by molar-refractivity contribution is -0.0919. The molecule has 2 atom stereocenters. The van der Waals surface area contributed by atoms with Gasteiger partial charge in [-0.1, -0.05) is 0 Å². The summed E-state index contributed by atoms with van der Waals surface area (Å²) in [6, 6.07) is 0. The van der Waals surface area contributed by atoms with Crippen molar-refractivity contribution in [2.75, 3.05) is 0 Å². The van der Waals surface area contributed by atoms with E-state index in [1.54, 1.807) is 0 Å². The number of carbonyl (C=O) groups is 1. The number of rotatable bonds is 3. The molecule has 0 aromatic heterocycles. The molecule has 0 aromatic carbocycles. The molecular formula is C4H5F4NO2. The Morgan fingerprint density at radius 2 is 1.73 bits per heavy atom. The normalized spacial score (nSPS) is 16.1. The maximum atomic E-state index is 11.9. The van der Waals surface area contributed by atoms with Crippen molar-refractivity contribution < 1.29 is 27.1 Å². The minimum absolute atomic E-state index is 1.64. The van der Waals surface area contributed by atoms with Gasteiger partial charge in [-0.2, -0.15) is 4.39 Å². The Balaban J connectivity index is 3.82. The molecule has 2 unspecified atom stereocenters. The van der Waals surface area contributed by atoms with E-state index < -0.39 is 25.0 Å². The van der Waals surface area contributed by atoms with E-state index in [1.807, 2.05) is 0 Å². The molecule has 0 fully saturated rings. The van der Waals surface area contributed by atoms with Crippen LogP contribution in [0.15, 0.2) is 0 Å². The molecule has 1 amide bonds. The third kappa shape index (κ3) is 3.64. The largest absolute Gasteiger partial charge is 0.412 e. The molecule has 2 N–H and O–H groups in total. The Bertz CT molecular complexity index is 142. The van der Waals surface area contributed by atoms with Gasteiger partial charge in [-0.05, 0) is 0 Å². The Hall–Kier alpha value is -1.01. The van der Waals surface area contributed by atoms with Gasteiger partial charge in [0.05, 0.1) is 0 Å². The zero-order chi connectivity index (χ0) is 9.02. The molecule has 0 saturated heterocycles. The summed E-state index contributed by atoms with van der Waals surface area (Å²) in [6.45, 7) is 0. The Morgan fingerprint density at radius 3 is 2.00 bits per heavy atom. The highest BCUT2D eigenvalue weighted by molar-refractivity contribution is 5.64. The molecule has 0 aliphatic carbocycles. The first-order chi connectivity index (χ1) is 4.95. The molecule has 0 spiro atoms. The van der Waals surface area contributed by atoms with E-state index in [0.29, 0.717) is 0 Å². The van der Waals surface area contributed by atoms with Gasteiger partial charge in [0.2, 0.25) is 6.17 Å². The fraction of sp³-hybridized carbons (Fsp3) is 0.750. The van der Waals surface area contributed by atoms with Crippen LogP contribution in [0.1, 0.15) is 0 Å². The average molecular weight is 175 g/mol. The van der Waals surface area contributed by atoms with Gasteiger partial charge in [0, 0.05) is 0 Å². The minimum Gasteiger partial charge on any atom is -0.412 e. The summed E-state index contributed by atoms with van der Waals surface area (Å²) >= 11 is 0. The molecule has 0 rings (SSSR count). The fourth-order valence-electron chi connectivity index (χ4n) is 0.290. The third-order valence-corrected chi connectivity index (χ3v) is 0.720. The quantitative estimate of drug-likeness (QED) is 0.650. The van der Waals surface area contributed by atoms with Crippen molar-refractivity contribution in [1.82, 2.24) is 0 Å². The number of nitrogens with two attached hydrogens (primary N) is 1. The molecule has 66 valence electrons. The van der Waals surface area contributed by atoms with Crippen molar-refractivity contribution in [3.8, 4) is 0 Å². The van der Waals surface area contributed by atoms with Gasteiger partial charge in [0.25, 0.3) is 12.8 Å². The van der Waals surface area contributed by atoms with Gasteiger partial charge in [0.15, 0.2) is 0 Å². The summed E-state index contributed by atoms with van der Waals surface area (Å²) in [4.78, 5) is 9.69. The molecule has 0 aliphatic rings. The maximum absolute atomic E-state index is 11.9. The lowest BCUT2D eigenvalue weighted by Gasteiger charge is -2.11. The number of ether oxygens (including phenoxy) is 1. The van der Waals surface area contributed by atoms with E-state index in [0.717, 1.165) is 0 Å². The smallest absolute Gasteiger partial charge is 0.407 e. The average Bonchev–Trinajstić information content (AvgIpc) is 1.84. The molecule has 0 radical (unpaired) electrons. The van der Waals surface area contributed by atoms with E-state index in [-0.39, 0.29) is 0 Å². The summed E-state index contributed by atoms with van der Waals surface area (Å²) in [7, 11) is 0. The van der Waals surface area contributed by atoms with Crippen molar-refractivity contribution in [3.63, 3.8) is 0 Å². The monoisotopic (exact) mass is 175 g/mol. The SMILES string of the molecule is NC(=O)OC(F)C(F)C(F)F. The minimum atomic E-state index is -3.54. The molecule has 7 heteroatoms. The first kappa shape index (κ1) is 9.99. The summed E-state index contributed by atoms with van der Waals surface area (Å²) in [6.07, 6.45) is -11.3. The summed E-state index contributed by atoms with van der Waals surface area (Å²) in [5.41, 5.74) is 4.22. The molecule has 0 saturated carbocycles. The van der Waals surface area contributed by atoms with E-state index >= 15 is 0 Å². The zero-order valence-electron chi connectivity index (χ0n) is 5.14. The van der Waals surface area contributed by atoms with Gasteiger partial charge in [-0.3, -0.25) is 0 Å². The number of alkyl halides is 4. The third-order valence-electron chi connectivity index (χ3n) is 0.720. The molecule has 3 nitrogen and oxygen atoms in total. The van der Waals surface area contributed by atoms with E-state index in [2.05, 4.69) is 10.5 Å². The van der Waals surface area contributed by atoms with Crippen LogP contribution in [0.4, 0.5) is 22.4 Å². The van der Waals surface area contributed by atoms with Crippen LogP contribution in [-0.2, 0) is 4.74 Å². The molecule has 11 heavy (non-hydrogen) atoms. The lowest BCUT2D eigenvalue weighted by Crippen LogP contribution is -2.31. The first-order valence-corrected chi connectivity index (χ1v) is 2.47. The van der Waals surface area contributed by atoms with Crippen LogP contribution in [0.25, 0.3) is 0 Å². The van der Waals surface area contributed by atoms with Crippen LogP contribution < -0.4 is 5.73 Å². The molecule has 0 heterocycles. The van der Waals surface area contributed by atoms with Gasteiger partial charge in [-0.25, -0.2) is 18.0 Å². The number of amides is 1. The van der Waals surface area contributed by atoms with Crippen LogP contribution in [-0.4, -0.2) is 25.0 Å². The summed E-state index contributed by atoms with van der Waals surface area (Å²) in [5.74, 6) is 0. The van der Waals surface area contributed by atoms with Crippen LogP contribution in [0, 0.1) is 0 Å².